The van der Waals surface area contributed by atoms with E-state index in [0.717, 1.165) is 23.0 Å². The van der Waals surface area contributed by atoms with E-state index >= 15 is 0 Å². The summed E-state index contributed by atoms with van der Waals surface area (Å²) < 4.78 is 12.8. The van der Waals surface area contributed by atoms with Gasteiger partial charge in [-0.05, 0) is 32.3 Å². The SMILES string of the molecule is C=C(C)/C(=C\NC1CC1)N(C)C(=N)SC(C)F. The van der Waals surface area contributed by atoms with Gasteiger partial charge in [-0.1, -0.05) is 18.3 Å². The molecule has 5 heteroatoms. The highest BCUT2D eigenvalue weighted by Crippen LogP contribution is 2.22. The zero-order valence-corrected chi connectivity index (χ0v) is 11.4. The molecule has 0 aromatic rings. The van der Waals surface area contributed by atoms with Crippen LogP contribution in [0.2, 0.25) is 0 Å². The van der Waals surface area contributed by atoms with Crippen molar-refractivity contribution in [3.05, 3.63) is 24.0 Å². The summed E-state index contributed by atoms with van der Waals surface area (Å²) in [4.78, 5) is 1.65. The van der Waals surface area contributed by atoms with Gasteiger partial charge in [0.1, 0.15) is 5.50 Å². The number of alkyl halides is 1. The van der Waals surface area contributed by atoms with Crippen molar-refractivity contribution >= 4 is 16.9 Å². The molecule has 0 radical (unpaired) electrons. The number of allylic oxidation sites excluding steroid dienone is 1. The monoisotopic (exact) mass is 257 g/mol. The largest absolute Gasteiger partial charge is 0.386 e. The first-order valence-electron chi connectivity index (χ1n) is 5.67. The highest BCUT2D eigenvalue weighted by Gasteiger charge is 2.20. The lowest BCUT2D eigenvalue weighted by Gasteiger charge is -2.23. The normalized spacial score (nSPS) is 17.5. The maximum absolute atomic E-state index is 12.8. The van der Waals surface area contributed by atoms with Crippen molar-refractivity contribution < 1.29 is 4.39 Å². The molecule has 1 atom stereocenters. The summed E-state index contributed by atoms with van der Waals surface area (Å²) in [6.07, 6.45) is 4.26. The number of rotatable bonds is 5. The molecule has 1 rings (SSSR count). The van der Waals surface area contributed by atoms with Crippen LogP contribution in [0.4, 0.5) is 4.39 Å². The number of amidine groups is 1. The predicted octanol–water partition coefficient (Wildman–Crippen LogP) is 3.07. The smallest absolute Gasteiger partial charge is 0.163 e. The van der Waals surface area contributed by atoms with Crippen LogP contribution in [0.25, 0.3) is 0 Å². The Balaban J connectivity index is 2.64. The fraction of sp³-hybridized carbons (Fsp3) is 0.583. The number of thioether (sulfide) groups is 1. The van der Waals surface area contributed by atoms with E-state index < -0.39 is 5.50 Å². The van der Waals surface area contributed by atoms with Crippen LogP contribution in [-0.4, -0.2) is 28.7 Å². The van der Waals surface area contributed by atoms with Gasteiger partial charge in [0.2, 0.25) is 0 Å². The van der Waals surface area contributed by atoms with Gasteiger partial charge in [0, 0.05) is 19.3 Å². The number of likely N-dealkylation sites (N-methyl/N-ethyl adjacent to an activating group) is 1. The lowest BCUT2D eigenvalue weighted by molar-refractivity contribution is 0.484. The molecule has 0 aromatic heterocycles. The molecule has 0 aliphatic heterocycles. The summed E-state index contributed by atoms with van der Waals surface area (Å²) in [6, 6.07) is 0.555. The van der Waals surface area contributed by atoms with Gasteiger partial charge >= 0.3 is 0 Å². The fourth-order valence-corrected chi connectivity index (χ4v) is 1.86. The number of halogens is 1. The fourth-order valence-electron chi connectivity index (χ4n) is 1.30. The standard InChI is InChI=1S/C12H20FN3S/c1-8(2)11(7-15-10-5-6-10)16(4)12(14)17-9(3)13/h7,9-10,14-15H,1,5-6H2,2-4H3/b11-7+,14-12?. The Labute approximate surface area is 107 Å². The molecule has 1 unspecified atom stereocenters. The van der Waals surface area contributed by atoms with Crippen LogP contribution >= 0.6 is 11.8 Å². The lowest BCUT2D eigenvalue weighted by Crippen LogP contribution is -2.26. The molecular formula is C12H20FN3S. The van der Waals surface area contributed by atoms with Crippen LogP contribution < -0.4 is 5.32 Å². The van der Waals surface area contributed by atoms with E-state index in [1.807, 2.05) is 13.1 Å². The maximum Gasteiger partial charge on any atom is 0.163 e. The van der Waals surface area contributed by atoms with Crippen LogP contribution in [0.15, 0.2) is 24.0 Å². The number of hydrogen-bond donors (Lipinski definition) is 2. The molecule has 1 fully saturated rings. The number of nitrogens with zero attached hydrogens (tertiary/aromatic N) is 1. The maximum atomic E-state index is 12.8. The summed E-state index contributed by atoms with van der Waals surface area (Å²) in [7, 11) is 1.76. The Morgan fingerprint density at radius 3 is 2.65 bits per heavy atom. The van der Waals surface area contributed by atoms with Crippen LogP contribution in [0.1, 0.15) is 26.7 Å². The molecule has 0 amide bonds. The predicted molar refractivity (Wildman–Crippen MR) is 72.7 cm³/mol. The third-order valence-electron chi connectivity index (χ3n) is 2.41. The number of hydrogen-bond acceptors (Lipinski definition) is 3. The highest BCUT2D eigenvalue weighted by molar-refractivity contribution is 8.14. The van der Waals surface area contributed by atoms with E-state index in [1.54, 1.807) is 11.9 Å². The molecule has 1 aliphatic rings. The zero-order valence-electron chi connectivity index (χ0n) is 10.6. The molecule has 1 saturated carbocycles. The van der Waals surface area contributed by atoms with E-state index in [1.165, 1.54) is 19.8 Å². The van der Waals surface area contributed by atoms with Crippen LogP contribution in [0.5, 0.6) is 0 Å². The van der Waals surface area contributed by atoms with Crippen molar-refractivity contribution in [1.82, 2.24) is 10.2 Å². The topological polar surface area (TPSA) is 39.1 Å². The van der Waals surface area contributed by atoms with E-state index in [0.29, 0.717) is 6.04 Å². The van der Waals surface area contributed by atoms with Gasteiger partial charge in [0.25, 0.3) is 0 Å². The van der Waals surface area contributed by atoms with Gasteiger partial charge in [-0.25, -0.2) is 4.39 Å². The highest BCUT2D eigenvalue weighted by atomic mass is 32.2. The Morgan fingerprint density at radius 2 is 2.24 bits per heavy atom. The summed E-state index contributed by atoms with van der Waals surface area (Å²) in [6.45, 7) is 7.20. The molecule has 0 bridgehead atoms. The van der Waals surface area contributed by atoms with E-state index in [2.05, 4.69) is 11.9 Å². The van der Waals surface area contributed by atoms with Gasteiger partial charge in [-0.15, -0.1) is 0 Å². The molecule has 96 valence electrons. The van der Waals surface area contributed by atoms with Crippen LogP contribution in [0.3, 0.4) is 0 Å². The molecule has 1 aliphatic carbocycles. The van der Waals surface area contributed by atoms with E-state index in [-0.39, 0.29) is 5.17 Å². The second-order valence-electron chi connectivity index (χ2n) is 4.28. The molecule has 0 spiro atoms. The third kappa shape index (κ3) is 4.81. The molecule has 2 N–H and O–H groups in total. The summed E-state index contributed by atoms with van der Waals surface area (Å²) >= 11 is 0.891. The van der Waals surface area contributed by atoms with Gasteiger partial charge in [-0.3, -0.25) is 5.41 Å². The van der Waals surface area contributed by atoms with Gasteiger partial charge in [-0.2, -0.15) is 0 Å². The van der Waals surface area contributed by atoms with Crippen molar-refractivity contribution in [1.29, 1.82) is 5.41 Å². The molecule has 3 nitrogen and oxygen atoms in total. The quantitative estimate of drug-likeness (QED) is 0.452. The lowest BCUT2D eigenvalue weighted by atomic mass is 10.2. The van der Waals surface area contributed by atoms with Crippen molar-refractivity contribution in [2.45, 2.75) is 38.2 Å². The van der Waals surface area contributed by atoms with E-state index in [4.69, 9.17) is 5.41 Å². The Hall–Kier alpha value is -0.970. The Morgan fingerprint density at radius 1 is 1.65 bits per heavy atom. The second kappa shape index (κ2) is 6.10. The van der Waals surface area contributed by atoms with Crippen molar-refractivity contribution in [2.24, 2.45) is 0 Å². The van der Waals surface area contributed by atoms with Gasteiger partial charge in [0.05, 0.1) is 5.70 Å². The zero-order chi connectivity index (χ0) is 13.0. The van der Waals surface area contributed by atoms with Crippen LogP contribution in [-0.2, 0) is 0 Å². The minimum Gasteiger partial charge on any atom is -0.386 e. The number of nitrogens with one attached hydrogen (secondary N) is 2. The molecule has 0 saturated heterocycles. The molecule has 17 heavy (non-hydrogen) atoms. The van der Waals surface area contributed by atoms with Crippen molar-refractivity contribution in [3.63, 3.8) is 0 Å². The second-order valence-corrected chi connectivity index (χ2v) is 5.55. The molecular weight excluding hydrogens is 237 g/mol. The van der Waals surface area contributed by atoms with Gasteiger partial charge in [0.15, 0.2) is 5.17 Å². The molecule has 0 aromatic carbocycles. The first-order chi connectivity index (χ1) is 7.91. The first kappa shape index (κ1) is 14.1. The van der Waals surface area contributed by atoms with Crippen molar-refractivity contribution in [3.8, 4) is 0 Å². The summed E-state index contributed by atoms with van der Waals surface area (Å²) in [5.41, 5.74) is 0.611. The minimum atomic E-state index is -1.08. The van der Waals surface area contributed by atoms with Crippen molar-refractivity contribution in [2.75, 3.05) is 7.05 Å². The van der Waals surface area contributed by atoms with E-state index in [9.17, 15) is 4.39 Å². The Kier molecular flexibility index (Phi) is 5.05. The average Bonchev–Trinajstić information content (AvgIpc) is 2.99. The average molecular weight is 257 g/mol. The third-order valence-corrected chi connectivity index (χ3v) is 3.23. The van der Waals surface area contributed by atoms with Crippen LogP contribution in [0, 0.1) is 5.41 Å². The summed E-state index contributed by atoms with van der Waals surface area (Å²) in [5.74, 6) is 0. The first-order valence-corrected chi connectivity index (χ1v) is 6.55. The summed E-state index contributed by atoms with van der Waals surface area (Å²) in [5, 5.41) is 11.2. The Bertz CT molecular complexity index is 335. The molecule has 0 heterocycles. The van der Waals surface area contributed by atoms with Gasteiger partial charge < -0.3 is 10.2 Å². The minimum absolute atomic E-state index is 0.187.